The number of amides is 2. The Morgan fingerprint density at radius 1 is 1.33 bits per heavy atom. The van der Waals surface area contributed by atoms with Crippen LogP contribution in [0, 0.1) is 5.41 Å². The Kier molecular flexibility index (Phi) is 7.10. The molecular weight excluding hydrogens is 296 g/mol. The first-order valence-corrected chi connectivity index (χ1v) is 8.64. The van der Waals surface area contributed by atoms with Crippen molar-refractivity contribution < 1.29 is 23.6 Å². The van der Waals surface area contributed by atoms with Crippen molar-refractivity contribution in [3.05, 3.63) is 0 Å². The second-order valence-corrected chi connectivity index (χ2v) is 7.21. The predicted molar refractivity (Wildman–Crippen MR) is 79.7 cm³/mol. The molecule has 1 fully saturated rings. The highest BCUT2D eigenvalue weighted by Gasteiger charge is 2.40. The summed E-state index contributed by atoms with van der Waals surface area (Å²) in [4.78, 5) is 23.1. The molecule has 0 aromatic rings. The fourth-order valence-electron chi connectivity index (χ4n) is 2.10. The average molecular weight is 320 g/mol. The number of hydrogen-bond donors (Lipinski definition) is 3. The van der Waals surface area contributed by atoms with Gasteiger partial charge in [-0.2, -0.15) is 0 Å². The average Bonchev–Trinajstić information content (AvgIpc) is 2.45. The van der Waals surface area contributed by atoms with Crippen molar-refractivity contribution in [2.75, 3.05) is 32.6 Å². The first kappa shape index (κ1) is 17.9. The van der Waals surface area contributed by atoms with Crippen molar-refractivity contribution in [3.8, 4) is 0 Å². The molecule has 0 aromatic carbocycles. The highest BCUT2D eigenvalue weighted by atomic mass is 32.2. The molecule has 1 saturated heterocycles. The van der Waals surface area contributed by atoms with Gasteiger partial charge in [0, 0.05) is 48.6 Å². The molecule has 3 N–H and O–H groups in total. The van der Waals surface area contributed by atoms with Crippen LogP contribution in [0.3, 0.4) is 0 Å². The maximum Gasteiger partial charge on any atom is 0.314 e. The largest absolute Gasteiger partial charge is 0.481 e. The predicted octanol–water partition coefficient (Wildman–Crippen LogP) is 0.324. The molecule has 2 unspecified atom stereocenters. The van der Waals surface area contributed by atoms with Crippen LogP contribution in [-0.2, 0) is 20.3 Å². The third kappa shape index (κ3) is 5.62. The second kappa shape index (κ2) is 8.33. The lowest BCUT2D eigenvalue weighted by molar-refractivity contribution is -0.154. The summed E-state index contributed by atoms with van der Waals surface area (Å²) in [7, 11) is -0.909. The lowest BCUT2D eigenvalue weighted by Crippen LogP contribution is -2.49. The van der Waals surface area contributed by atoms with Gasteiger partial charge in [-0.05, 0) is 19.3 Å². The summed E-state index contributed by atoms with van der Waals surface area (Å²) >= 11 is 0. The van der Waals surface area contributed by atoms with E-state index in [0.29, 0.717) is 39.0 Å². The van der Waals surface area contributed by atoms with Gasteiger partial charge in [0.05, 0.1) is 5.41 Å². The molecule has 0 radical (unpaired) electrons. The van der Waals surface area contributed by atoms with E-state index in [0.717, 1.165) is 0 Å². The fraction of sp³-hybridized carbons (Fsp3) is 0.846. The zero-order valence-corrected chi connectivity index (χ0v) is 13.3. The van der Waals surface area contributed by atoms with Crippen LogP contribution in [0.25, 0.3) is 0 Å². The zero-order valence-electron chi connectivity index (χ0n) is 12.5. The quantitative estimate of drug-likeness (QED) is 0.627. The van der Waals surface area contributed by atoms with E-state index in [1.165, 1.54) is 0 Å². The summed E-state index contributed by atoms with van der Waals surface area (Å²) in [5, 5.41) is 14.6. The Labute approximate surface area is 127 Å². The number of nitrogens with one attached hydrogen (secondary N) is 2. The van der Waals surface area contributed by atoms with Crippen molar-refractivity contribution in [1.29, 1.82) is 0 Å². The van der Waals surface area contributed by atoms with E-state index < -0.39 is 28.2 Å². The van der Waals surface area contributed by atoms with Gasteiger partial charge in [-0.25, -0.2) is 4.79 Å². The van der Waals surface area contributed by atoms with E-state index in [2.05, 4.69) is 10.6 Å². The van der Waals surface area contributed by atoms with E-state index in [1.54, 1.807) is 6.26 Å². The van der Waals surface area contributed by atoms with Crippen LogP contribution in [-0.4, -0.2) is 59.1 Å². The molecule has 21 heavy (non-hydrogen) atoms. The molecule has 1 rings (SSSR count). The molecule has 0 saturated carbocycles. The van der Waals surface area contributed by atoms with Crippen molar-refractivity contribution in [1.82, 2.24) is 10.6 Å². The summed E-state index contributed by atoms with van der Waals surface area (Å²) in [5.74, 6) is -0.902. The molecule has 0 bridgehead atoms. The van der Waals surface area contributed by atoms with Crippen LogP contribution in [0.4, 0.5) is 4.79 Å². The van der Waals surface area contributed by atoms with Crippen LogP contribution in [0.1, 0.15) is 26.2 Å². The van der Waals surface area contributed by atoms with E-state index in [4.69, 9.17) is 4.74 Å². The number of carbonyl (C=O) groups excluding carboxylic acids is 1. The van der Waals surface area contributed by atoms with Crippen LogP contribution < -0.4 is 10.6 Å². The number of hydrogen-bond acceptors (Lipinski definition) is 4. The smallest absolute Gasteiger partial charge is 0.314 e. The molecule has 2 amide bonds. The van der Waals surface area contributed by atoms with Crippen LogP contribution >= 0.6 is 0 Å². The lowest BCUT2D eigenvalue weighted by Gasteiger charge is -2.33. The third-order valence-electron chi connectivity index (χ3n) is 3.89. The first-order chi connectivity index (χ1) is 9.87. The first-order valence-electron chi connectivity index (χ1n) is 7.02. The van der Waals surface area contributed by atoms with Gasteiger partial charge in [0.15, 0.2) is 0 Å². The van der Waals surface area contributed by atoms with Crippen molar-refractivity contribution in [3.63, 3.8) is 0 Å². The normalized spacial score (nSPS) is 20.3. The Balaban J connectivity index is 2.34. The molecule has 2 atom stereocenters. The minimum Gasteiger partial charge on any atom is -0.481 e. The van der Waals surface area contributed by atoms with Gasteiger partial charge in [-0.1, -0.05) is 6.92 Å². The molecule has 1 heterocycles. The van der Waals surface area contributed by atoms with Gasteiger partial charge in [0.2, 0.25) is 0 Å². The van der Waals surface area contributed by atoms with Gasteiger partial charge < -0.3 is 20.5 Å². The van der Waals surface area contributed by atoms with E-state index in [-0.39, 0.29) is 11.8 Å². The standard InChI is InChI=1S/C13H24N2O5S/c1-10(21(2)19)3-6-14-12(18)15-9-13(11(16)17)4-7-20-8-5-13/h10H,3-9H2,1-2H3,(H,16,17)(H2,14,15,18). The molecule has 0 aliphatic carbocycles. The summed E-state index contributed by atoms with van der Waals surface area (Å²) < 4.78 is 16.3. The van der Waals surface area contributed by atoms with Crippen LogP contribution in [0.15, 0.2) is 0 Å². The molecule has 0 spiro atoms. The number of carboxylic acid groups (broad SMARTS) is 1. The van der Waals surface area contributed by atoms with E-state index in [9.17, 15) is 18.9 Å². The maximum absolute atomic E-state index is 11.7. The summed E-state index contributed by atoms with van der Waals surface area (Å²) in [6.07, 6.45) is 3.05. The van der Waals surface area contributed by atoms with Gasteiger partial charge in [-0.15, -0.1) is 0 Å². The van der Waals surface area contributed by atoms with Crippen molar-refractivity contribution >= 4 is 22.8 Å². The van der Waals surface area contributed by atoms with Crippen LogP contribution in [0.5, 0.6) is 0 Å². The lowest BCUT2D eigenvalue weighted by atomic mass is 9.80. The number of aliphatic carboxylic acids is 1. The number of carboxylic acids is 1. The van der Waals surface area contributed by atoms with Gasteiger partial charge in [0.1, 0.15) is 0 Å². The van der Waals surface area contributed by atoms with Gasteiger partial charge >= 0.3 is 12.0 Å². The molecule has 1 aliphatic rings. The summed E-state index contributed by atoms with van der Waals surface area (Å²) in [6, 6.07) is -0.392. The highest BCUT2D eigenvalue weighted by molar-refractivity contribution is 7.84. The molecule has 8 heteroatoms. The maximum atomic E-state index is 11.7. The molecule has 7 nitrogen and oxygen atoms in total. The monoisotopic (exact) mass is 320 g/mol. The van der Waals surface area contributed by atoms with E-state index >= 15 is 0 Å². The van der Waals surface area contributed by atoms with Crippen molar-refractivity contribution in [2.24, 2.45) is 5.41 Å². The summed E-state index contributed by atoms with van der Waals surface area (Å²) in [6.45, 7) is 3.16. The Hall–Kier alpha value is -1.15. The minimum absolute atomic E-state index is 0.0196. The van der Waals surface area contributed by atoms with Crippen molar-refractivity contribution in [2.45, 2.75) is 31.4 Å². The summed E-state index contributed by atoms with van der Waals surface area (Å²) in [5.41, 5.74) is -0.937. The minimum atomic E-state index is -0.937. The molecule has 0 aromatic heterocycles. The number of rotatable bonds is 7. The van der Waals surface area contributed by atoms with Gasteiger partial charge in [0.25, 0.3) is 0 Å². The zero-order chi connectivity index (χ0) is 15.9. The SMILES string of the molecule is CC(CCNC(=O)NCC1(C(=O)O)CCOCC1)S(C)=O. The number of ether oxygens (including phenoxy) is 1. The molecule has 122 valence electrons. The Morgan fingerprint density at radius 2 is 1.95 bits per heavy atom. The van der Waals surface area contributed by atoms with E-state index in [1.807, 2.05) is 6.92 Å². The molecule has 1 aliphatic heterocycles. The molecular formula is C13H24N2O5S. The van der Waals surface area contributed by atoms with Gasteiger partial charge in [-0.3, -0.25) is 9.00 Å². The fourth-order valence-corrected chi connectivity index (χ4v) is 2.55. The third-order valence-corrected chi connectivity index (χ3v) is 5.26. The Morgan fingerprint density at radius 3 is 2.48 bits per heavy atom. The topological polar surface area (TPSA) is 105 Å². The Bertz CT molecular complexity index is 396. The number of urea groups is 1. The second-order valence-electron chi connectivity index (χ2n) is 5.41. The highest BCUT2D eigenvalue weighted by Crippen LogP contribution is 2.29. The van der Waals surface area contributed by atoms with Crippen LogP contribution in [0.2, 0.25) is 0 Å². The number of carbonyl (C=O) groups is 2.